The maximum atomic E-state index is 12.9. The lowest BCUT2D eigenvalue weighted by Crippen LogP contribution is -2.27. The summed E-state index contributed by atoms with van der Waals surface area (Å²) in [6, 6.07) is 20.9. The molecule has 0 saturated carbocycles. The van der Waals surface area contributed by atoms with Gasteiger partial charge in [0.25, 0.3) is 11.8 Å². The van der Waals surface area contributed by atoms with Gasteiger partial charge in [-0.05, 0) is 66.4 Å². The Bertz CT molecular complexity index is 1280. The number of benzene rings is 3. The average molecular weight is 568 g/mol. The van der Waals surface area contributed by atoms with Gasteiger partial charge in [-0.2, -0.15) is 0 Å². The van der Waals surface area contributed by atoms with E-state index >= 15 is 0 Å². The van der Waals surface area contributed by atoms with E-state index in [0.29, 0.717) is 21.5 Å². The Morgan fingerprint density at radius 1 is 1.09 bits per heavy atom. The van der Waals surface area contributed by atoms with Crippen LogP contribution in [0.5, 0.6) is 5.75 Å². The quantitative estimate of drug-likeness (QED) is 0.262. The molecule has 1 aliphatic rings. The van der Waals surface area contributed by atoms with Gasteiger partial charge in [-0.15, -0.1) is 0 Å². The molecular formula is C27H23BrN2O3S2. The van der Waals surface area contributed by atoms with E-state index in [0.717, 1.165) is 32.4 Å². The van der Waals surface area contributed by atoms with Crippen LogP contribution in [-0.4, -0.2) is 27.6 Å². The highest BCUT2D eigenvalue weighted by atomic mass is 79.9. The number of amides is 2. The molecule has 0 spiro atoms. The van der Waals surface area contributed by atoms with Crippen LogP contribution in [0.15, 0.2) is 76.1 Å². The van der Waals surface area contributed by atoms with Crippen LogP contribution < -0.4 is 10.1 Å². The maximum absolute atomic E-state index is 12.9. The summed E-state index contributed by atoms with van der Waals surface area (Å²) in [5.41, 5.74) is 4.62. The number of hydrogen-bond donors (Lipinski definition) is 1. The first-order valence-electron chi connectivity index (χ1n) is 10.9. The topological polar surface area (TPSA) is 58.6 Å². The number of ether oxygens (including phenoxy) is 1. The molecule has 4 rings (SSSR count). The van der Waals surface area contributed by atoms with Gasteiger partial charge >= 0.3 is 0 Å². The third kappa shape index (κ3) is 6.39. The number of carbonyl (C=O) groups excluding carboxylic acids is 2. The summed E-state index contributed by atoms with van der Waals surface area (Å²) in [6.07, 6.45) is 1.82. The first-order chi connectivity index (χ1) is 16.8. The molecule has 0 aliphatic carbocycles. The fraction of sp³-hybridized carbons (Fsp3) is 0.148. The first kappa shape index (κ1) is 25.2. The lowest BCUT2D eigenvalue weighted by molar-refractivity contribution is -0.122. The number of thiocarbonyl (C=S) groups is 1. The molecule has 0 bridgehead atoms. The van der Waals surface area contributed by atoms with Crippen molar-refractivity contribution in [2.75, 3.05) is 11.9 Å². The molecule has 1 fully saturated rings. The molecule has 1 N–H and O–H groups in total. The van der Waals surface area contributed by atoms with Gasteiger partial charge in [0.05, 0.1) is 11.4 Å². The van der Waals surface area contributed by atoms with E-state index in [1.807, 2.05) is 74.5 Å². The van der Waals surface area contributed by atoms with Crippen LogP contribution in [0.4, 0.5) is 5.69 Å². The van der Waals surface area contributed by atoms with Gasteiger partial charge in [-0.3, -0.25) is 14.5 Å². The molecular weight excluding hydrogens is 544 g/mol. The van der Waals surface area contributed by atoms with E-state index in [9.17, 15) is 9.59 Å². The zero-order chi connectivity index (χ0) is 24.9. The number of halogens is 1. The standard InChI is InChI=1S/C27H23BrN2O3S2/c1-17-12-21(28)13-18(2)25(17)29-24(31)16-33-22-10-8-19(9-11-22)14-23-26(32)30(27(34)35-23)15-20-6-4-3-5-7-20/h3-14H,15-16H2,1-2H3,(H,29,31)/b23-14-. The Morgan fingerprint density at radius 2 is 1.74 bits per heavy atom. The SMILES string of the molecule is Cc1cc(Br)cc(C)c1NC(=O)COc1ccc(/C=C2\SC(=S)N(Cc3ccccc3)C2=O)cc1. The molecule has 0 unspecified atom stereocenters. The Kier molecular flexibility index (Phi) is 8.05. The van der Waals surface area contributed by atoms with Crippen LogP contribution in [0.2, 0.25) is 0 Å². The Hall–Kier alpha value is -2.94. The highest BCUT2D eigenvalue weighted by Gasteiger charge is 2.31. The van der Waals surface area contributed by atoms with Gasteiger partial charge in [0.1, 0.15) is 10.1 Å². The summed E-state index contributed by atoms with van der Waals surface area (Å²) < 4.78 is 7.17. The smallest absolute Gasteiger partial charge is 0.266 e. The van der Waals surface area contributed by atoms with E-state index in [-0.39, 0.29) is 18.4 Å². The van der Waals surface area contributed by atoms with Gasteiger partial charge < -0.3 is 10.1 Å². The summed E-state index contributed by atoms with van der Waals surface area (Å²) in [4.78, 5) is 27.4. The number of anilines is 1. The molecule has 0 radical (unpaired) electrons. The number of carbonyl (C=O) groups is 2. The van der Waals surface area contributed by atoms with Crippen LogP contribution in [0, 0.1) is 13.8 Å². The molecule has 5 nitrogen and oxygen atoms in total. The molecule has 1 heterocycles. The van der Waals surface area contributed by atoms with E-state index in [2.05, 4.69) is 21.2 Å². The molecule has 35 heavy (non-hydrogen) atoms. The number of hydrogen-bond acceptors (Lipinski definition) is 5. The van der Waals surface area contributed by atoms with Crippen molar-refractivity contribution in [1.82, 2.24) is 4.90 Å². The summed E-state index contributed by atoms with van der Waals surface area (Å²) in [5, 5.41) is 2.91. The highest BCUT2D eigenvalue weighted by Crippen LogP contribution is 2.34. The lowest BCUT2D eigenvalue weighted by Gasteiger charge is -2.14. The molecule has 2 amide bonds. The van der Waals surface area contributed by atoms with E-state index < -0.39 is 0 Å². The predicted molar refractivity (Wildman–Crippen MR) is 149 cm³/mol. The van der Waals surface area contributed by atoms with Crippen molar-refractivity contribution in [2.24, 2.45) is 0 Å². The summed E-state index contributed by atoms with van der Waals surface area (Å²) in [6.45, 7) is 4.24. The van der Waals surface area contributed by atoms with Gasteiger partial charge in [0, 0.05) is 10.2 Å². The minimum atomic E-state index is -0.232. The third-order valence-corrected chi connectivity index (χ3v) is 7.20. The fourth-order valence-electron chi connectivity index (χ4n) is 3.65. The molecule has 8 heteroatoms. The summed E-state index contributed by atoms with van der Waals surface area (Å²) in [7, 11) is 0. The van der Waals surface area contributed by atoms with E-state index in [1.165, 1.54) is 11.8 Å². The highest BCUT2D eigenvalue weighted by molar-refractivity contribution is 9.10. The fourth-order valence-corrected chi connectivity index (χ4v) is 5.59. The zero-order valence-corrected chi connectivity index (χ0v) is 22.4. The molecule has 3 aromatic rings. The van der Waals surface area contributed by atoms with Crippen molar-refractivity contribution < 1.29 is 14.3 Å². The van der Waals surface area contributed by atoms with Crippen LogP contribution in [0.3, 0.4) is 0 Å². The normalized spacial score (nSPS) is 14.5. The predicted octanol–water partition coefficient (Wildman–Crippen LogP) is 6.48. The van der Waals surface area contributed by atoms with Crippen molar-refractivity contribution >= 4 is 67.8 Å². The summed E-state index contributed by atoms with van der Waals surface area (Å²) >= 11 is 10.2. The molecule has 1 aliphatic heterocycles. The number of rotatable bonds is 7. The molecule has 3 aromatic carbocycles. The Morgan fingerprint density at radius 3 is 2.40 bits per heavy atom. The second-order valence-corrected chi connectivity index (χ2v) is 10.7. The number of nitrogens with one attached hydrogen (secondary N) is 1. The van der Waals surface area contributed by atoms with Crippen molar-refractivity contribution in [3.8, 4) is 5.75 Å². The first-order valence-corrected chi connectivity index (χ1v) is 12.9. The largest absolute Gasteiger partial charge is 0.484 e. The number of aryl methyl sites for hydroxylation is 2. The van der Waals surface area contributed by atoms with Crippen LogP contribution in [0.25, 0.3) is 6.08 Å². The molecule has 0 aromatic heterocycles. The Balaban J connectivity index is 1.35. The van der Waals surface area contributed by atoms with E-state index in [1.54, 1.807) is 17.0 Å². The van der Waals surface area contributed by atoms with Gasteiger partial charge in [-0.25, -0.2) is 0 Å². The summed E-state index contributed by atoms with van der Waals surface area (Å²) in [5.74, 6) is 0.238. The molecule has 1 saturated heterocycles. The average Bonchev–Trinajstić information content (AvgIpc) is 3.09. The molecule has 178 valence electrons. The van der Waals surface area contributed by atoms with Crippen LogP contribution in [-0.2, 0) is 16.1 Å². The zero-order valence-electron chi connectivity index (χ0n) is 19.2. The minimum Gasteiger partial charge on any atom is -0.484 e. The van der Waals surface area contributed by atoms with Crippen LogP contribution >= 0.6 is 39.9 Å². The van der Waals surface area contributed by atoms with E-state index in [4.69, 9.17) is 17.0 Å². The van der Waals surface area contributed by atoms with Crippen molar-refractivity contribution in [3.63, 3.8) is 0 Å². The van der Waals surface area contributed by atoms with Crippen molar-refractivity contribution in [1.29, 1.82) is 0 Å². The van der Waals surface area contributed by atoms with Gasteiger partial charge in [-0.1, -0.05) is 82.4 Å². The number of thioether (sulfide) groups is 1. The van der Waals surface area contributed by atoms with Crippen molar-refractivity contribution in [2.45, 2.75) is 20.4 Å². The van der Waals surface area contributed by atoms with Gasteiger partial charge in [0.2, 0.25) is 0 Å². The van der Waals surface area contributed by atoms with Crippen LogP contribution in [0.1, 0.15) is 22.3 Å². The third-order valence-electron chi connectivity index (χ3n) is 5.37. The second kappa shape index (κ2) is 11.2. The molecule has 0 atom stereocenters. The monoisotopic (exact) mass is 566 g/mol. The minimum absolute atomic E-state index is 0.0978. The second-order valence-electron chi connectivity index (χ2n) is 8.07. The lowest BCUT2D eigenvalue weighted by atomic mass is 10.1. The van der Waals surface area contributed by atoms with Crippen molar-refractivity contribution in [3.05, 3.63) is 98.4 Å². The van der Waals surface area contributed by atoms with Gasteiger partial charge in [0.15, 0.2) is 6.61 Å². The maximum Gasteiger partial charge on any atom is 0.266 e. The Labute approximate surface area is 222 Å². The number of nitrogens with zero attached hydrogens (tertiary/aromatic N) is 1.